The van der Waals surface area contributed by atoms with Crippen LogP contribution in [0.15, 0.2) is 11.6 Å². The summed E-state index contributed by atoms with van der Waals surface area (Å²) in [7, 11) is -2.84. The van der Waals surface area contributed by atoms with Gasteiger partial charge in [0.25, 0.3) is 0 Å². The molecule has 0 N–H and O–H groups in total. The quantitative estimate of drug-likeness (QED) is 0.564. The second kappa shape index (κ2) is 6.65. The number of halogens is 1. The van der Waals surface area contributed by atoms with E-state index in [2.05, 4.69) is 6.08 Å². The summed E-state index contributed by atoms with van der Waals surface area (Å²) >= 11 is 6.10. The van der Waals surface area contributed by atoms with E-state index in [9.17, 15) is 8.42 Å². The van der Waals surface area contributed by atoms with Gasteiger partial charge in [0.2, 0.25) is 0 Å². The van der Waals surface area contributed by atoms with E-state index in [4.69, 9.17) is 11.6 Å². The van der Waals surface area contributed by atoms with Crippen LogP contribution < -0.4 is 0 Å². The maximum atomic E-state index is 11.6. The van der Waals surface area contributed by atoms with Crippen molar-refractivity contribution in [3.63, 3.8) is 0 Å². The van der Waals surface area contributed by atoms with Crippen LogP contribution >= 0.6 is 11.6 Å². The Kier molecular flexibility index (Phi) is 5.84. The fourth-order valence-corrected chi connectivity index (χ4v) is 3.75. The highest BCUT2D eigenvalue weighted by molar-refractivity contribution is 7.91. The monoisotopic (exact) mass is 264 g/mol. The molecule has 0 saturated carbocycles. The lowest BCUT2D eigenvalue weighted by Crippen LogP contribution is -2.11. The SMILES string of the molecule is CCCS(=O)(=O)CCC1=CC(Cl)CCCC1. The Morgan fingerprint density at radius 3 is 2.81 bits per heavy atom. The molecule has 1 aliphatic carbocycles. The largest absolute Gasteiger partial charge is 0.229 e. The standard InChI is InChI=1S/C12H21ClO2S/c1-2-8-16(14,15)9-7-11-5-3-4-6-12(13)10-11/h10,12H,2-9H2,1H3. The van der Waals surface area contributed by atoms with Crippen LogP contribution in [0.1, 0.15) is 45.4 Å². The number of rotatable bonds is 5. The molecule has 0 amide bonds. The molecule has 2 nitrogen and oxygen atoms in total. The Morgan fingerprint density at radius 1 is 1.38 bits per heavy atom. The van der Waals surface area contributed by atoms with E-state index in [1.54, 1.807) is 0 Å². The lowest BCUT2D eigenvalue weighted by Gasteiger charge is -2.06. The van der Waals surface area contributed by atoms with E-state index < -0.39 is 9.84 Å². The Hall–Kier alpha value is -0.0200. The van der Waals surface area contributed by atoms with Crippen molar-refractivity contribution < 1.29 is 8.42 Å². The Balaban J connectivity index is 2.47. The average molecular weight is 265 g/mol. The molecule has 1 unspecified atom stereocenters. The summed E-state index contributed by atoms with van der Waals surface area (Å²) in [6.07, 6.45) is 7.78. The van der Waals surface area contributed by atoms with Crippen LogP contribution in [-0.4, -0.2) is 25.3 Å². The zero-order chi connectivity index (χ0) is 12.0. The average Bonchev–Trinajstić information content (AvgIpc) is 2.40. The van der Waals surface area contributed by atoms with Crippen molar-refractivity contribution in [2.75, 3.05) is 11.5 Å². The molecular formula is C12H21ClO2S. The second-order valence-electron chi connectivity index (χ2n) is 4.49. The molecule has 0 aliphatic heterocycles. The van der Waals surface area contributed by atoms with Gasteiger partial charge < -0.3 is 0 Å². The van der Waals surface area contributed by atoms with Crippen LogP contribution in [0.25, 0.3) is 0 Å². The minimum atomic E-state index is -2.84. The maximum absolute atomic E-state index is 11.6. The molecule has 0 aromatic rings. The topological polar surface area (TPSA) is 34.1 Å². The van der Waals surface area contributed by atoms with Crippen LogP contribution in [0.2, 0.25) is 0 Å². The molecular weight excluding hydrogens is 244 g/mol. The lowest BCUT2D eigenvalue weighted by molar-refractivity contribution is 0.593. The van der Waals surface area contributed by atoms with Crippen molar-refractivity contribution in [1.29, 1.82) is 0 Å². The normalized spacial score (nSPS) is 22.6. The number of sulfone groups is 1. The second-order valence-corrected chi connectivity index (χ2v) is 7.35. The minimum absolute atomic E-state index is 0.103. The first-order valence-electron chi connectivity index (χ1n) is 6.07. The molecule has 0 fully saturated rings. The third-order valence-electron chi connectivity index (χ3n) is 2.89. The van der Waals surface area contributed by atoms with Crippen LogP contribution in [0.3, 0.4) is 0 Å². The molecule has 0 heterocycles. The van der Waals surface area contributed by atoms with Gasteiger partial charge in [-0.25, -0.2) is 8.42 Å². The molecule has 0 saturated heterocycles. The van der Waals surface area contributed by atoms with Gasteiger partial charge in [-0.15, -0.1) is 11.6 Å². The first kappa shape index (κ1) is 14.0. The van der Waals surface area contributed by atoms with Gasteiger partial charge in [0.1, 0.15) is 0 Å². The van der Waals surface area contributed by atoms with Gasteiger partial charge in [0, 0.05) is 5.75 Å². The van der Waals surface area contributed by atoms with Crippen molar-refractivity contribution in [1.82, 2.24) is 0 Å². The summed E-state index contributed by atoms with van der Waals surface area (Å²) in [5, 5.41) is 0.103. The first-order valence-corrected chi connectivity index (χ1v) is 8.33. The maximum Gasteiger partial charge on any atom is 0.150 e. The van der Waals surface area contributed by atoms with Crippen LogP contribution in [0, 0.1) is 0 Å². The van der Waals surface area contributed by atoms with Gasteiger partial charge in [0.05, 0.1) is 11.1 Å². The molecule has 4 heteroatoms. The molecule has 16 heavy (non-hydrogen) atoms. The zero-order valence-corrected chi connectivity index (χ0v) is 11.5. The molecule has 0 bridgehead atoms. The summed E-state index contributed by atoms with van der Waals surface area (Å²) in [5.74, 6) is 0.598. The van der Waals surface area contributed by atoms with Gasteiger partial charge in [-0.3, -0.25) is 0 Å². The summed E-state index contributed by atoms with van der Waals surface area (Å²) in [5.41, 5.74) is 1.23. The lowest BCUT2D eigenvalue weighted by atomic mass is 10.1. The fourth-order valence-electron chi connectivity index (χ4n) is 2.02. The van der Waals surface area contributed by atoms with E-state index in [0.717, 1.165) is 25.7 Å². The van der Waals surface area contributed by atoms with E-state index in [0.29, 0.717) is 18.6 Å². The van der Waals surface area contributed by atoms with Crippen LogP contribution in [0.5, 0.6) is 0 Å². The smallest absolute Gasteiger partial charge is 0.150 e. The Morgan fingerprint density at radius 2 is 2.12 bits per heavy atom. The molecule has 0 radical (unpaired) electrons. The molecule has 0 aromatic carbocycles. The number of allylic oxidation sites excluding steroid dienone is 2. The first-order chi connectivity index (χ1) is 7.53. The molecule has 0 aromatic heterocycles. The van der Waals surface area contributed by atoms with Crippen molar-refractivity contribution in [3.8, 4) is 0 Å². The third-order valence-corrected chi connectivity index (χ3v) is 5.09. The fraction of sp³-hybridized carbons (Fsp3) is 0.833. The van der Waals surface area contributed by atoms with E-state index in [-0.39, 0.29) is 11.1 Å². The van der Waals surface area contributed by atoms with Crippen LogP contribution in [0.4, 0.5) is 0 Å². The van der Waals surface area contributed by atoms with Gasteiger partial charge in [-0.05, 0) is 32.1 Å². The third kappa shape index (κ3) is 5.35. The summed E-state index contributed by atoms with van der Waals surface area (Å²) in [4.78, 5) is 0. The van der Waals surface area contributed by atoms with E-state index >= 15 is 0 Å². The van der Waals surface area contributed by atoms with Gasteiger partial charge >= 0.3 is 0 Å². The number of hydrogen-bond donors (Lipinski definition) is 0. The van der Waals surface area contributed by atoms with E-state index in [1.165, 1.54) is 5.57 Å². The van der Waals surface area contributed by atoms with Gasteiger partial charge in [0.15, 0.2) is 9.84 Å². The number of alkyl halides is 1. The number of hydrogen-bond acceptors (Lipinski definition) is 2. The predicted octanol–water partition coefficient (Wildman–Crippen LogP) is 3.31. The molecule has 1 aliphatic rings. The molecule has 1 atom stereocenters. The van der Waals surface area contributed by atoms with Crippen molar-refractivity contribution in [2.24, 2.45) is 0 Å². The zero-order valence-electron chi connectivity index (χ0n) is 9.91. The highest BCUT2D eigenvalue weighted by Crippen LogP contribution is 2.23. The van der Waals surface area contributed by atoms with Crippen molar-refractivity contribution >= 4 is 21.4 Å². The highest BCUT2D eigenvalue weighted by Gasteiger charge is 2.13. The minimum Gasteiger partial charge on any atom is -0.229 e. The molecule has 1 rings (SSSR count). The summed E-state index contributed by atoms with van der Waals surface area (Å²) < 4.78 is 23.2. The Bertz CT molecular complexity index is 333. The predicted molar refractivity (Wildman–Crippen MR) is 69.8 cm³/mol. The summed E-state index contributed by atoms with van der Waals surface area (Å²) in [6.45, 7) is 1.90. The van der Waals surface area contributed by atoms with E-state index in [1.807, 2.05) is 6.92 Å². The Labute approximate surface area is 104 Å². The van der Waals surface area contributed by atoms with Crippen LogP contribution in [-0.2, 0) is 9.84 Å². The summed E-state index contributed by atoms with van der Waals surface area (Å²) in [6, 6.07) is 0. The highest BCUT2D eigenvalue weighted by atomic mass is 35.5. The van der Waals surface area contributed by atoms with Crippen molar-refractivity contribution in [2.45, 2.75) is 50.8 Å². The molecule has 94 valence electrons. The van der Waals surface area contributed by atoms with Gasteiger partial charge in [-0.2, -0.15) is 0 Å². The molecule has 0 spiro atoms. The van der Waals surface area contributed by atoms with Gasteiger partial charge in [-0.1, -0.05) is 25.0 Å². The van der Waals surface area contributed by atoms with Crippen molar-refractivity contribution in [3.05, 3.63) is 11.6 Å².